The molecule has 5 heteroatoms. The first-order chi connectivity index (χ1) is 4.27. The molecule has 0 unspecified atom stereocenters. The van der Waals surface area contributed by atoms with Gasteiger partial charge in [-0.1, -0.05) is 0 Å². The summed E-state index contributed by atoms with van der Waals surface area (Å²) >= 11 is 0. The summed E-state index contributed by atoms with van der Waals surface area (Å²) in [6, 6.07) is 0. The maximum atomic E-state index is 9.16. The fourth-order valence-corrected chi connectivity index (χ4v) is 1.95. The zero-order valence-corrected chi connectivity index (χ0v) is 6.29. The van der Waals surface area contributed by atoms with Crippen LogP contribution in [0.5, 0.6) is 0 Å². The van der Waals surface area contributed by atoms with Gasteiger partial charge in [-0.3, -0.25) is 0 Å². The van der Waals surface area contributed by atoms with Crippen LogP contribution in [0.1, 0.15) is 6.92 Å². The zero-order chi connectivity index (χ0) is 6.74. The Bertz CT molecular complexity index is 90.6. The zero-order valence-electron chi connectivity index (χ0n) is 5.29. The lowest BCUT2D eigenvalue weighted by atomic mass is 10.8. The maximum Gasteiger partial charge on any atom is 0.677 e. The van der Waals surface area contributed by atoms with Crippen molar-refractivity contribution in [1.29, 1.82) is 0 Å². The average molecular weight is 150 g/mol. The van der Waals surface area contributed by atoms with Crippen LogP contribution in [0.2, 0.25) is 0 Å². The summed E-state index contributed by atoms with van der Waals surface area (Å²) in [6.07, 6.45) is 0. The van der Waals surface area contributed by atoms with Crippen LogP contribution in [0.25, 0.3) is 0 Å². The molecule has 0 aromatic heterocycles. The molecule has 1 rings (SSSR count). The summed E-state index contributed by atoms with van der Waals surface area (Å²) in [4.78, 5) is 9.16. The number of hydrogen-bond donors (Lipinski definition) is 1. The van der Waals surface area contributed by atoms with Gasteiger partial charge in [-0.2, -0.15) is 0 Å². The van der Waals surface area contributed by atoms with E-state index in [0.29, 0.717) is 19.8 Å². The van der Waals surface area contributed by atoms with E-state index in [0.717, 1.165) is 0 Å². The van der Waals surface area contributed by atoms with Gasteiger partial charge >= 0.3 is 9.05 Å². The van der Waals surface area contributed by atoms with Crippen LogP contribution in [-0.2, 0) is 13.3 Å². The van der Waals surface area contributed by atoms with E-state index in [2.05, 4.69) is 0 Å². The standard InChI is InChI=1S/C4H10O4Si/c1-2-6-9(5)7-3-4-8-9/h5H,2-4H2,1H3. The molecule has 0 radical (unpaired) electrons. The molecule has 0 spiro atoms. The fraction of sp³-hybridized carbons (Fsp3) is 1.00. The maximum absolute atomic E-state index is 9.16. The van der Waals surface area contributed by atoms with Gasteiger partial charge in [-0.25, -0.2) is 0 Å². The lowest BCUT2D eigenvalue weighted by Gasteiger charge is -2.12. The summed E-state index contributed by atoms with van der Waals surface area (Å²) in [7, 11) is -3.09. The Kier molecular flexibility index (Phi) is 2.20. The first-order valence-corrected chi connectivity index (χ1v) is 4.58. The molecule has 1 heterocycles. The first-order valence-electron chi connectivity index (χ1n) is 2.91. The van der Waals surface area contributed by atoms with E-state index >= 15 is 0 Å². The minimum absolute atomic E-state index is 0.433. The van der Waals surface area contributed by atoms with Gasteiger partial charge in [0.25, 0.3) is 0 Å². The van der Waals surface area contributed by atoms with Crippen LogP contribution >= 0.6 is 0 Å². The molecule has 0 aromatic carbocycles. The lowest BCUT2D eigenvalue weighted by Crippen LogP contribution is -2.40. The molecule has 54 valence electrons. The highest BCUT2D eigenvalue weighted by Crippen LogP contribution is 2.10. The van der Waals surface area contributed by atoms with Crippen molar-refractivity contribution in [3.8, 4) is 0 Å². The van der Waals surface area contributed by atoms with E-state index < -0.39 is 9.05 Å². The number of hydrogen-bond acceptors (Lipinski definition) is 4. The van der Waals surface area contributed by atoms with E-state index in [9.17, 15) is 0 Å². The molecular formula is C4H10O4Si. The second-order valence-electron chi connectivity index (χ2n) is 1.65. The van der Waals surface area contributed by atoms with E-state index in [1.807, 2.05) is 0 Å². The quantitative estimate of drug-likeness (QED) is 0.539. The van der Waals surface area contributed by atoms with Gasteiger partial charge in [0.1, 0.15) is 0 Å². The molecule has 0 aromatic rings. The van der Waals surface area contributed by atoms with Gasteiger partial charge in [-0.05, 0) is 6.92 Å². The van der Waals surface area contributed by atoms with Crippen molar-refractivity contribution in [3.63, 3.8) is 0 Å². The van der Waals surface area contributed by atoms with Crippen LogP contribution in [-0.4, -0.2) is 33.7 Å². The second-order valence-corrected chi connectivity index (χ2v) is 3.57. The summed E-state index contributed by atoms with van der Waals surface area (Å²) in [5.41, 5.74) is 0. The predicted molar refractivity (Wildman–Crippen MR) is 31.5 cm³/mol. The predicted octanol–water partition coefficient (Wildman–Crippen LogP) is -0.502. The first kappa shape index (κ1) is 7.17. The Morgan fingerprint density at radius 1 is 1.56 bits per heavy atom. The number of rotatable bonds is 2. The molecule has 1 fully saturated rings. The van der Waals surface area contributed by atoms with Crippen LogP contribution in [0, 0.1) is 0 Å². The Morgan fingerprint density at radius 3 is 2.56 bits per heavy atom. The van der Waals surface area contributed by atoms with Crippen molar-refractivity contribution in [2.75, 3.05) is 19.8 Å². The third kappa shape index (κ3) is 1.73. The molecule has 1 saturated heterocycles. The molecule has 0 atom stereocenters. The Morgan fingerprint density at radius 2 is 2.11 bits per heavy atom. The fourth-order valence-electron chi connectivity index (χ4n) is 0.649. The molecule has 9 heavy (non-hydrogen) atoms. The lowest BCUT2D eigenvalue weighted by molar-refractivity contribution is 0.0648. The van der Waals surface area contributed by atoms with Gasteiger partial charge in [0.15, 0.2) is 0 Å². The summed E-state index contributed by atoms with van der Waals surface area (Å²) in [5.74, 6) is 0. The van der Waals surface area contributed by atoms with Crippen molar-refractivity contribution in [2.45, 2.75) is 6.92 Å². The molecule has 0 saturated carbocycles. The summed E-state index contributed by atoms with van der Waals surface area (Å²) in [6.45, 7) is 3.12. The minimum atomic E-state index is -3.09. The molecule has 0 aliphatic carbocycles. The Hall–Kier alpha value is 0.0569. The van der Waals surface area contributed by atoms with E-state index in [1.165, 1.54) is 0 Å². The highest BCUT2D eigenvalue weighted by molar-refractivity contribution is 6.52. The third-order valence-corrected chi connectivity index (χ3v) is 2.77. The molecule has 0 amide bonds. The Balaban J connectivity index is 2.32. The topological polar surface area (TPSA) is 47.9 Å². The smallest absolute Gasteiger partial charge is 0.367 e. The van der Waals surface area contributed by atoms with Crippen LogP contribution in [0.4, 0.5) is 0 Å². The molecule has 4 nitrogen and oxygen atoms in total. The van der Waals surface area contributed by atoms with Gasteiger partial charge in [0.05, 0.1) is 13.2 Å². The third-order valence-electron chi connectivity index (χ3n) is 0.979. The van der Waals surface area contributed by atoms with Gasteiger partial charge in [0, 0.05) is 6.61 Å². The SMILES string of the molecule is CCO[Si]1(O)OCCO1. The van der Waals surface area contributed by atoms with E-state index in [-0.39, 0.29) is 0 Å². The van der Waals surface area contributed by atoms with Crippen molar-refractivity contribution in [3.05, 3.63) is 0 Å². The van der Waals surface area contributed by atoms with Crippen molar-refractivity contribution < 1.29 is 18.1 Å². The molecular weight excluding hydrogens is 140 g/mol. The van der Waals surface area contributed by atoms with Crippen molar-refractivity contribution in [2.24, 2.45) is 0 Å². The highest BCUT2D eigenvalue weighted by atomic mass is 28.4. The van der Waals surface area contributed by atoms with Gasteiger partial charge < -0.3 is 18.1 Å². The monoisotopic (exact) mass is 150 g/mol. The van der Waals surface area contributed by atoms with Crippen molar-refractivity contribution >= 4 is 9.05 Å². The van der Waals surface area contributed by atoms with Crippen LogP contribution in [0.3, 0.4) is 0 Å². The van der Waals surface area contributed by atoms with Crippen molar-refractivity contribution in [1.82, 2.24) is 0 Å². The summed E-state index contributed by atoms with van der Waals surface area (Å²) in [5, 5.41) is 0. The molecule has 0 bridgehead atoms. The molecule has 1 aliphatic heterocycles. The Labute approximate surface area is 54.8 Å². The normalized spacial score (nSPS) is 24.7. The minimum Gasteiger partial charge on any atom is -0.367 e. The summed E-state index contributed by atoms with van der Waals surface area (Å²) < 4.78 is 14.5. The van der Waals surface area contributed by atoms with Gasteiger partial charge in [-0.15, -0.1) is 0 Å². The second kappa shape index (κ2) is 2.76. The van der Waals surface area contributed by atoms with Crippen LogP contribution < -0.4 is 0 Å². The molecule has 1 N–H and O–H groups in total. The average Bonchev–Trinajstić information content (AvgIpc) is 2.16. The highest BCUT2D eigenvalue weighted by Gasteiger charge is 2.44. The van der Waals surface area contributed by atoms with E-state index in [1.54, 1.807) is 6.92 Å². The van der Waals surface area contributed by atoms with Crippen LogP contribution in [0.15, 0.2) is 0 Å². The molecule has 1 aliphatic rings. The largest absolute Gasteiger partial charge is 0.677 e. The van der Waals surface area contributed by atoms with Gasteiger partial charge in [0.2, 0.25) is 0 Å². The van der Waals surface area contributed by atoms with E-state index in [4.69, 9.17) is 18.1 Å².